The van der Waals surface area contributed by atoms with Crippen LogP contribution in [0.15, 0.2) is 18.2 Å². The summed E-state index contributed by atoms with van der Waals surface area (Å²) < 4.78 is 31.5. The number of amides is 1. The highest BCUT2D eigenvalue weighted by molar-refractivity contribution is 6.02. The van der Waals surface area contributed by atoms with E-state index in [1.807, 2.05) is 0 Å². The van der Waals surface area contributed by atoms with Gasteiger partial charge in [0, 0.05) is 17.3 Å². The first-order valence-electron chi connectivity index (χ1n) is 7.78. The molecule has 138 valence electrons. The second kappa shape index (κ2) is 7.47. The minimum absolute atomic E-state index is 0.0697. The summed E-state index contributed by atoms with van der Waals surface area (Å²) in [5.41, 5.74) is 1.18. The van der Waals surface area contributed by atoms with E-state index >= 15 is 0 Å². The molecule has 26 heavy (non-hydrogen) atoms. The van der Waals surface area contributed by atoms with E-state index in [4.69, 9.17) is 4.74 Å². The molecule has 8 heteroatoms. The Balaban J connectivity index is 2.10. The number of ether oxygens (including phenoxy) is 1. The molecule has 0 fully saturated rings. The second-order valence-corrected chi connectivity index (χ2v) is 5.84. The SMILES string of the molecule is CC(=O)c1c(C)[nH]c(C(=O)O[C@@H](C)C(=O)Nc2ccc(F)cc2F)c1C. The zero-order valence-corrected chi connectivity index (χ0v) is 14.7. The van der Waals surface area contributed by atoms with Crippen molar-refractivity contribution in [2.24, 2.45) is 0 Å². The van der Waals surface area contributed by atoms with Gasteiger partial charge in [-0.25, -0.2) is 13.6 Å². The normalized spacial score (nSPS) is 11.8. The van der Waals surface area contributed by atoms with Crippen molar-refractivity contribution in [1.82, 2.24) is 4.98 Å². The van der Waals surface area contributed by atoms with Crippen LogP contribution in [0.2, 0.25) is 0 Å². The van der Waals surface area contributed by atoms with Crippen molar-refractivity contribution in [3.05, 3.63) is 52.3 Å². The Hall–Kier alpha value is -3.03. The molecule has 0 bridgehead atoms. The van der Waals surface area contributed by atoms with Crippen LogP contribution in [0.3, 0.4) is 0 Å². The Morgan fingerprint density at radius 2 is 1.85 bits per heavy atom. The highest BCUT2D eigenvalue weighted by Crippen LogP contribution is 2.20. The van der Waals surface area contributed by atoms with E-state index in [1.165, 1.54) is 13.8 Å². The number of H-pyrrole nitrogens is 1. The quantitative estimate of drug-likeness (QED) is 0.629. The van der Waals surface area contributed by atoms with Gasteiger partial charge in [0.15, 0.2) is 11.9 Å². The van der Waals surface area contributed by atoms with Crippen LogP contribution in [0.1, 0.15) is 46.0 Å². The highest BCUT2D eigenvalue weighted by Gasteiger charge is 2.25. The predicted molar refractivity (Wildman–Crippen MR) is 90.1 cm³/mol. The summed E-state index contributed by atoms with van der Waals surface area (Å²) in [5, 5.41) is 2.22. The fourth-order valence-corrected chi connectivity index (χ4v) is 2.58. The third-order valence-corrected chi connectivity index (χ3v) is 3.84. The van der Waals surface area contributed by atoms with Crippen LogP contribution >= 0.6 is 0 Å². The molecule has 0 saturated heterocycles. The van der Waals surface area contributed by atoms with Gasteiger partial charge in [-0.1, -0.05) is 0 Å². The maximum absolute atomic E-state index is 13.6. The summed E-state index contributed by atoms with van der Waals surface area (Å²) in [6.45, 7) is 5.93. The predicted octanol–water partition coefficient (Wildman–Crippen LogP) is 3.30. The third kappa shape index (κ3) is 3.96. The van der Waals surface area contributed by atoms with Crippen molar-refractivity contribution in [2.75, 3.05) is 5.32 Å². The van der Waals surface area contributed by atoms with E-state index in [9.17, 15) is 23.2 Å². The van der Waals surface area contributed by atoms with Crippen molar-refractivity contribution in [3.8, 4) is 0 Å². The lowest BCUT2D eigenvalue weighted by atomic mass is 10.1. The first-order valence-corrected chi connectivity index (χ1v) is 7.78. The molecule has 1 aromatic heterocycles. The summed E-state index contributed by atoms with van der Waals surface area (Å²) in [7, 11) is 0. The van der Waals surface area contributed by atoms with Gasteiger partial charge in [-0.2, -0.15) is 0 Å². The molecule has 0 saturated carbocycles. The number of esters is 1. The first kappa shape index (κ1) is 19.3. The number of aromatic nitrogens is 1. The third-order valence-electron chi connectivity index (χ3n) is 3.84. The van der Waals surface area contributed by atoms with Gasteiger partial charge >= 0.3 is 5.97 Å². The van der Waals surface area contributed by atoms with E-state index < -0.39 is 29.6 Å². The smallest absolute Gasteiger partial charge is 0.355 e. The van der Waals surface area contributed by atoms with Crippen molar-refractivity contribution in [3.63, 3.8) is 0 Å². The summed E-state index contributed by atoms with van der Waals surface area (Å²) in [6.07, 6.45) is -1.24. The van der Waals surface area contributed by atoms with Crippen molar-refractivity contribution < 1.29 is 27.9 Å². The highest BCUT2D eigenvalue weighted by atomic mass is 19.1. The molecule has 1 atom stereocenters. The maximum atomic E-state index is 13.6. The molecule has 6 nitrogen and oxygen atoms in total. The van der Waals surface area contributed by atoms with Crippen LogP contribution in [0, 0.1) is 25.5 Å². The Bertz CT molecular complexity index is 890. The molecule has 0 spiro atoms. The molecule has 0 aliphatic rings. The van der Waals surface area contributed by atoms with Gasteiger partial charge < -0.3 is 15.0 Å². The number of aromatic amines is 1. The molecule has 1 aromatic carbocycles. The zero-order valence-electron chi connectivity index (χ0n) is 14.7. The van der Waals surface area contributed by atoms with Crippen molar-refractivity contribution >= 4 is 23.3 Å². The summed E-state index contributed by atoms with van der Waals surface area (Å²) in [5.74, 6) is -3.53. The average Bonchev–Trinajstić information content (AvgIpc) is 2.84. The first-order chi connectivity index (χ1) is 12.1. The number of rotatable bonds is 5. The number of hydrogen-bond donors (Lipinski definition) is 2. The molecule has 0 unspecified atom stereocenters. The van der Waals surface area contributed by atoms with E-state index in [0.717, 1.165) is 12.1 Å². The van der Waals surface area contributed by atoms with Crippen LogP contribution in [-0.4, -0.2) is 28.7 Å². The Morgan fingerprint density at radius 1 is 1.19 bits per heavy atom. The van der Waals surface area contributed by atoms with Crippen LogP contribution < -0.4 is 5.32 Å². The van der Waals surface area contributed by atoms with Gasteiger partial charge in [-0.3, -0.25) is 9.59 Å². The number of hydrogen-bond acceptors (Lipinski definition) is 4. The number of aryl methyl sites for hydroxylation is 1. The molecule has 0 aliphatic heterocycles. The number of ketones is 1. The Labute approximate surface area is 148 Å². The van der Waals surface area contributed by atoms with Crippen LogP contribution in [0.25, 0.3) is 0 Å². The van der Waals surface area contributed by atoms with E-state index in [1.54, 1.807) is 13.8 Å². The minimum Gasteiger partial charge on any atom is -0.448 e. The number of nitrogens with one attached hydrogen (secondary N) is 2. The molecule has 2 N–H and O–H groups in total. The number of anilines is 1. The van der Waals surface area contributed by atoms with Gasteiger partial charge in [0.25, 0.3) is 5.91 Å². The van der Waals surface area contributed by atoms with E-state index in [0.29, 0.717) is 22.9 Å². The van der Waals surface area contributed by atoms with Crippen LogP contribution in [0.5, 0.6) is 0 Å². The van der Waals surface area contributed by atoms with E-state index in [-0.39, 0.29) is 17.2 Å². The lowest BCUT2D eigenvalue weighted by molar-refractivity contribution is -0.123. The minimum atomic E-state index is -1.24. The standard InChI is InChI=1S/C18H18F2N2O4/c1-8-15(10(3)23)9(2)21-16(8)18(25)26-11(4)17(24)22-14-6-5-12(19)7-13(14)20/h5-7,11,21H,1-4H3,(H,22,24)/t11-/m0/s1. The van der Waals surface area contributed by atoms with E-state index in [2.05, 4.69) is 10.3 Å². The van der Waals surface area contributed by atoms with Crippen LogP contribution in [0.4, 0.5) is 14.5 Å². The Kier molecular flexibility index (Phi) is 5.54. The van der Waals surface area contributed by atoms with Gasteiger partial charge in [-0.05, 0) is 45.4 Å². The zero-order chi connectivity index (χ0) is 19.6. The fourth-order valence-electron chi connectivity index (χ4n) is 2.58. The number of carbonyl (C=O) groups is 3. The molecule has 0 aliphatic carbocycles. The topological polar surface area (TPSA) is 88.3 Å². The molecule has 2 aromatic rings. The lowest BCUT2D eigenvalue weighted by Gasteiger charge is -2.14. The van der Waals surface area contributed by atoms with Gasteiger partial charge in [0.05, 0.1) is 5.69 Å². The van der Waals surface area contributed by atoms with Crippen molar-refractivity contribution in [2.45, 2.75) is 33.8 Å². The van der Waals surface area contributed by atoms with Crippen molar-refractivity contribution in [1.29, 1.82) is 0 Å². The van der Waals surface area contributed by atoms with Gasteiger partial charge in [-0.15, -0.1) is 0 Å². The molecule has 1 amide bonds. The average molecular weight is 364 g/mol. The number of benzene rings is 1. The molecular formula is C18H18F2N2O4. The summed E-state index contributed by atoms with van der Waals surface area (Å²) >= 11 is 0. The maximum Gasteiger partial charge on any atom is 0.355 e. The summed E-state index contributed by atoms with van der Waals surface area (Å²) in [6, 6.07) is 2.68. The van der Waals surface area contributed by atoms with Crippen LogP contribution in [-0.2, 0) is 9.53 Å². The summed E-state index contributed by atoms with van der Waals surface area (Å²) in [4.78, 5) is 38.7. The monoisotopic (exact) mass is 364 g/mol. The van der Waals surface area contributed by atoms with Gasteiger partial charge in [0.1, 0.15) is 17.3 Å². The molecule has 2 rings (SSSR count). The van der Waals surface area contributed by atoms with Gasteiger partial charge in [0.2, 0.25) is 0 Å². The Morgan fingerprint density at radius 3 is 2.38 bits per heavy atom. The fraction of sp³-hybridized carbons (Fsp3) is 0.278. The number of Topliss-reactive ketones (excluding diaryl/α,β-unsaturated/α-hetero) is 1. The second-order valence-electron chi connectivity index (χ2n) is 5.84. The molecule has 0 radical (unpaired) electrons. The lowest BCUT2D eigenvalue weighted by Crippen LogP contribution is -2.30. The largest absolute Gasteiger partial charge is 0.448 e. The number of carbonyl (C=O) groups excluding carboxylic acids is 3. The molecular weight excluding hydrogens is 346 g/mol. The number of halogens is 2. The molecule has 1 heterocycles.